The van der Waals surface area contributed by atoms with E-state index in [4.69, 9.17) is 4.98 Å². The van der Waals surface area contributed by atoms with Crippen molar-refractivity contribution in [2.45, 2.75) is 26.4 Å². The monoisotopic (exact) mass is 476 g/mol. The summed E-state index contributed by atoms with van der Waals surface area (Å²) in [5.41, 5.74) is 1.60. The largest absolute Gasteiger partial charge is 0.328 e. The Morgan fingerprint density at radius 2 is 1.76 bits per heavy atom. The van der Waals surface area contributed by atoms with Gasteiger partial charge >= 0.3 is 0 Å². The van der Waals surface area contributed by atoms with E-state index >= 15 is 0 Å². The lowest BCUT2D eigenvalue weighted by atomic mass is 10.1. The summed E-state index contributed by atoms with van der Waals surface area (Å²) in [7, 11) is 0. The smallest absolute Gasteiger partial charge is 0.256 e. The lowest BCUT2D eigenvalue weighted by Gasteiger charge is -2.35. The second-order valence-corrected chi connectivity index (χ2v) is 8.72. The van der Waals surface area contributed by atoms with Crippen molar-refractivity contribution in [3.05, 3.63) is 83.1 Å². The first kappa shape index (κ1) is 21.9. The molecule has 1 unspecified atom stereocenters. The van der Waals surface area contributed by atoms with E-state index in [1.807, 2.05) is 24.5 Å². The minimum absolute atomic E-state index is 0.214. The lowest BCUT2D eigenvalue weighted by molar-refractivity contribution is 0.0646. The van der Waals surface area contributed by atoms with E-state index in [2.05, 4.69) is 14.7 Å². The van der Waals surface area contributed by atoms with Crippen LogP contribution in [0.25, 0.3) is 10.8 Å². The van der Waals surface area contributed by atoms with Gasteiger partial charge in [-0.25, -0.2) is 14.4 Å². The van der Waals surface area contributed by atoms with Crippen LogP contribution >= 0.6 is 11.5 Å². The average molecular weight is 477 g/mol. The van der Waals surface area contributed by atoms with E-state index in [0.717, 1.165) is 0 Å². The van der Waals surface area contributed by atoms with Gasteiger partial charge < -0.3 is 14.8 Å². The molecule has 1 atom stereocenters. The Labute approximate surface area is 199 Å². The van der Waals surface area contributed by atoms with Crippen molar-refractivity contribution in [3.63, 3.8) is 0 Å². The predicted octanol–water partition coefficient (Wildman–Crippen LogP) is 4.32. The molecule has 172 valence electrons. The maximum Gasteiger partial charge on any atom is 0.256 e. The van der Waals surface area contributed by atoms with Gasteiger partial charge in [-0.1, -0.05) is 18.2 Å². The molecule has 34 heavy (non-hydrogen) atoms. The van der Waals surface area contributed by atoms with Crippen molar-refractivity contribution in [2.75, 3.05) is 11.9 Å². The molecule has 3 heterocycles. The third-order valence-electron chi connectivity index (χ3n) is 5.77. The van der Waals surface area contributed by atoms with Crippen molar-refractivity contribution in [3.8, 4) is 10.8 Å². The van der Waals surface area contributed by atoms with Gasteiger partial charge in [0, 0.05) is 24.2 Å². The number of aryl methyl sites for hydroxylation is 1. The van der Waals surface area contributed by atoms with Crippen molar-refractivity contribution < 1.29 is 14.0 Å². The molecule has 1 aliphatic heterocycles. The third kappa shape index (κ3) is 3.96. The first-order valence-electron chi connectivity index (χ1n) is 10.8. The minimum Gasteiger partial charge on any atom is -0.328 e. The van der Waals surface area contributed by atoms with Gasteiger partial charge in [0.15, 0.2) is 16.6 Å². The fraction of sp³-hybridized carbons (Fsp3) is 0.208. The molecule has 2 aromatic carbocycles. The van der Waals surface area contributed by atoms with Gasteiger partial charge in [-0.2, -0.15) is 4.37 Å². The van der Waals surface area contributed by atoms with Crippen molar-refractivity contribution >= 4 is 29.2 Å². The highest BCUT2D eigenvalue weighted by Crippen LogP contribution is 2.37. The quantitative estimate of drug-likeness (QED) is 0.474. The number of halogens is 1. The summed E-state index contributed by atoms with van der Waals surface area (Å²) in [5, 5.41) is 3.56. The molecule has 0 saturated carbocycles. The molecule has 0 radical (unpaired) electrons. The molecule has 4 aromatic rings. The molecular formula is C24H21FN6O2S. The van der Waals surface area contributed by atoms with Gasteiger partial charge in [0.2, 0.25) is 0 Å². The third-order valence-corrected chi connectivity index (χ3v) is 6.58. The molecule has 1 N–H and O–H groups in total. The van der Waals surface area contributed by atoms with Crippen LogP contribution in [0.4, 0.5) is 10.2 Å². The number of nitrogens with one attached hydrogen (secondary N) is 1. The van der Waals surface area contributed by atoms with Crippen molar-refractivity contribution in [1.82, 2.24) is 23.8 Å². The van der Waals surface area contributed by atoms with Crippen LogP contribution in [0.1, 0.15) is 45.2 Å². The fourth-order valence-electron chi connectivity index (χ4n) is 4.11. The maximum absolute atomic E-state index is 13.4. The molecule has 2 amide bonds. The van der Waals surface area contributed by atoms with E-state index in [0.29, 0.717) is 52.4 Å². The number of benzene rings is 2. The highest BCUT2D eigenvalue weighted by Gasteiger charge is 2.35. The first-order valence-corrected chi connectivity index (χ1v) is 11.5. The Balaban J connectivity index is 1.54. The number of anilines is 1. The second kappa shape index (κ2) is 8.79. The van der Waals surface area contributed by atoms with Crippen LogP contribution in [0, 0.1) is 12.7 Å². The average Bonchev–Trinajstić information content (AvgIpc) is 3.44. The Kier molecular flexibility index (Phi) is 5.66. The van der Waals surface area contributed by atoms with Crippen LogP contribution in [0.3, 0.4) is 0 Å². The van der Waals surface area contributed by atoms with E-state index in [1.165, 1.54) is 35.8 Å². The minimum atomic E-state index is -0.399. The van der Waals surface area contributed by atoms with E-state index in [1.54, 1.807) is 29.2 Å². The summed E-state index contributed by atoms with van der Waals surface area (Å²) in [5.74, 6) is 0.711. The molecule has 5 rings (SSSR count). The Morgan fingerprint density at radius 3 is 2.44 bits per heavy atom. The summed E-state index contributed by atoms with van der Waals surface area (Å²) in [6.45, 7) is 4.59. The maximum atomic E-state index is 13.4. The standard InChI is InChI=1S/C24H21FN6O2S/c1-14-19-20(28-22(32)16-6-4-3-5-7-16)27-21(23-26-15(2)29-34-23)31(19)13-12-30(14)24(33)17-8-10-18(25)11-9-17/h3-11,14H,12-13H2,1-2H3,(H,28,32). The van der Waals surface area contributed by atoms with Crippen molar-refractivity contribution in [1.29, 1.82) is 0 Å². The van der Waals surface area contributed by atoms with Crippen LogP contribution in [-0.4, -0.2) is 42.2 Å². The second-order valence-electron chi connectivity index (χ2n) is 7.97. The number of amides is 2. The number of rotatable bonds is 4. The number of hydrogen-bond donors (Lipinski definition) is 1. The fourth-order valence-corrected chi connectivity index (χ4v) is 4.78. The molecule has 0 fully saturated rings. The Hall–Kier alpha value is -3.92. The number of hydrogen-bond acceptors (Lipinski definition) is 6. The molecule has 1 aliphatic rings. The Morgan fingerprint density at radius 1 is 1.03 bits per heavy atom. The summed E-state index contributed by atoms with van der Waals surface area (Å²) in [6.07, 6.45) is 0. The Bertz CT molecular complexity index is 1370. The van der Waals surface area contributed by atoms with E-state index in [9.17, 15) is 14.0 Å². The molecular weight excluding hydrogens is 455 g/mol. The van der Waals surface area contributed by atoms with Crippen LogP contribution in [0.15, 0.2) is 54.6 Å². The van der Waals surface area contributed by atoms with Gasteiger partial charge in [0.1, 0.15) is 11.6 Å². The SMILES string of the molecule is Cc1nsc(-c2nc(NC(=O)c3ccccc3)c3n2CCN(C(=O)c2ccc(F)cc2)C3C)n1. The van der Waals surface area contributed by atoms with Crippen LogP contribution in [0.2, 0.25) is 0 Å². The molecule has 10 heteroatoms. The van der Waals surface area contributed by atoms with Gasteiger partial charge in [-0.05, 0) is 61.8 Å². The summed E-state index contributed by atoms with van der Waals surface area (Å²) >= 11 is 1.24. The van der Waals surface area contributed by atoms with E-state index < -0.39 is 11.9 Å². The molecule has 8 nitrogen and oxygen atoms in total. The van der Waals surface area contributed by atoms with Gasteiger partial charge in [-0.3, -0.25) is 9.59 Å². The predicted molar refractivity (Wildman–Crippen MR) is 126 cm³/mol. The number of aromatic nitrogens is 4. The number of carbonyl (C=O) groups is 2. The zero-order valence-corrected chi connectivity index (χ0v) is 19.3. The lowest BCUT2D eigenvalue weighted by Crippen LogP contribution is -2.41. The van der Waals surface area contributed by atoms with Gasteiger partial charge in [0.25, 0.3) is 11.8 Å². The first-order chi connectivity index (χ1) is 16.4. The van der Waals surface area contributed by atoms with Crippen LogP contribution < -0.4 is 5.32 Å². The number of fused-ring (bicyclic) bond motifs is 1. The van der Waals surface area contributed by atoms with Gasteiger partial charge in [0.05, 0.1) is 11.7 Å². The van der Waals surface area contributed by atoms with Crippen LogP contribution in [0.5, 0.6) is 0 Å². The summed E-state index contributed by atoms with van der Waals surface area (Å²) < 4.78 is 19.6. The molecule has 2 aromatic heterocycles. The zero-order valence-electron chi connectivity index (χ0n) is 18.5. The normalized spacial score (nSPS) is 15.1. The summed E-state index contributed by atoms with van der Waals surface area (Å²) in [4.78, 5) is 37.1. The van der Waals surface area contributed by atoms with Gasteiger partial charge in [-0.15, -0.1) is 0 Å². The number of carbonyl (C=O) groups excluding carboxylic acids is 2. The molecule has 0 aliphatic carbocycles. The highest BCUT2D eigenvalue weighted by molar-refractivity contribution is 7.09. The van der Waals surface area contributed by atoms with E-state index in [-0.39, 0.29) is 11.8 Å². The zero-order chi connectivity index (χ0) is 23.8. The number of nitrogens with zero attached hydrogens (tertiary/aromatic N) is 5. The summed E-state index contributed by atoms with van der Waals surface area (Å²) in [6, 6.07) is 14.0. The molecule has 0 spiro atoms. The highest BCUT2D eigenvalue weighted by atomic mass is 32.1. The molecule has 0 bridgehead atoms. The topological polar surface area (TPSA) is 93.0 Å². The number of imidazole rings is 1. The van der Waals surface area contributed by atoms with Crippen LogP contribution in [-0.2, 0) is 6.54 Å². The van der Waals surface area contributed by atoms with Crippen molar-refractivity contribution in [2.24, 2.45) is 0 Å². The molecule has 0 saturated heterocycles.